The van der Waals surface area contributed by atoms with Crippen LogP contribution in [0.2, 0.25) is 0 Å². The molecule has 1 aliphatic heterocycles. The number of amides is 1. The van der Waals surface area contributed by atoms with Gasteiger partial charge < -0.3 is 10.0 Å². The number of fused-ring (bicyclic) bond motifs is 2. The van der Waals surface area contributed by atoms with Crippen molar-refractivity contribution < 1.29 is 14.7 Å². The van der Waals surface area contributed by atoms with E-state index in [1.54, 1.807) is 0 Å². The smallest absolute Gasteiger partial charge is 0.303 e. The second kappa shape index (κ2) is 4.41. The number of rotatable bonds is 3. The van der Waals surface area contributed by atoms with Crippen molar-refractivity contribution in [1.29, 1.82) is 0 Å². The zero-order valence-corrected chi connectivity index (χ0v) is 10.4. The van der Waals surface area contributed by atoms with Gasteiger partial charge in [0.05, 0.1) is 0 Å². The zero-order valence-electron chi connectivity index (χ0n) is 10.4. The molecule has 98 valence electrons. The van der Waals surface area contributed by atoms with Gasteiger partial charge in [-0.2, -0.15) is 0 Å². The molecule has 0 spiro atoms. The van der Waals surface area contributed by atoms with Gasteiger partial charge in [-0.1, -0.05) is 12.2 Å². The molecule has 0 aromatic rings. The zero-order chi connectivity index (χ0) is 12.7. The Labute approximate surface area is 107 Å². The molecule has 2 aliphatic carbocycles. The van der Waals surface area contributed by atoms with Gasteiger partial charge in [-0.3, -0.25) is 9.59 Å². The summed E-state index contributed by atoms with van der Waals surface area (Å²) < 4.78 is 0. The fraction of sp³-hybridized carbons (Fsp3) is 0.714. The average Bonchev–Trinajstić information content (AvgIpc) is 3.01. The van der Waals surface area contributed by atoms with Crippen LogP contribution in [-0.4, -0.2) is 35.0 Å². The molecule has 1 N–H and O–H groups in total. The molecule has 1 heterocycles. The van der Waals surface area contributed by atoms with Crippen LogP contribution in [0.3, 0.4) is 0 Å². The number of aliphatic carboxylic acids is 1. The minimum Gasteiger partial charge on any atom is -0.481 e. The fourth-order valence-electron chi connectivity index (χ4n) is 3.75. The average molecular weight is 249 g/mol. The number of likely N-dealkylation sites (tertiary alicyclic amines) is 1. The SMILES string of the molecule is O=C(O)CC1CCN(C(=O)C2CC3C=CC2C3)C1. The summed E-state index contributed by atoms with van der Waals surface area (Å²) in [6.07, 6.45) is 7.62. The maximum atomic E-state index is 12.4. The van der Waals surface area contributed by atoms with Crippen molar-refractivity contribution in [1.82, 2.24) is 4.90 Å². The van der Waals surface area contributed by atoms with Gasteiger partial charge >= 0.3 is 5.97 Å². The van der Waals surface area contributed by atoms with Crippen LogP contribution in [0.5, 0.6) is 0 Å². The van der Waals surface area contributed by atoms with E-state index >= 15 is 0 Å². The Bertz CT molecular complexity index is 404. The first-order valence-corrected chi connectivity index (χ1v) is 6.82. The first-order chi connectivity index (χ1) is 8.63. The third-order valence-corrected chi connectivity index (χ3v) is 4.66. The molecule has 0 radical (unpaired) electrons. The van der Waals surface area contributed by atoms with Crippen LogP contribution in [0.25, 0.3) is 0 Å². The van der Waals surface area contributed by atoms with E-state index in [0.29, 0.717) is 18.4 Å². The van der Waals surface area contributed by atoms with Gasteiger partial charge in [-0.15, -0.1) is 0 Å². The Kier molecular flexibility index (Phi) is 2.88. The quantitative estimate of drug-likeness (QED) is 0.771. The van der Waals surface area contributed by atoms with Crippen molar-refractivity contribution in [2.45, 2.75) is 25.7 Å². The van der Waals surface area contributed by atoms with E-state index in [0.717, 1.165) is 25.8 Å². The highest BCUT2D eigenvalue weighted by Crippen LogP contribution is 2.44. The van der Waals surface area contributed by atoms with Gasteiger partial charge in [0.25, 0.3) is 0 Å². The van der Waals surface area contributed by atoms with E-state index < -0.39 is 5.97 Å². The predicted octanol–water partition coefficient (Wildman–Crippen LogP) is 1.52. The maximum Gasteiger partial charge on any atom is 0.303 e. The number of carbonyl (C=O) groups is 2. The highest BCUT2D eigenvalue weighted by Gasteiger charge is 2.42. The molecular weight excluding hydrogens is 230 g/mol. The Morgan fingerprint density at radius 2 is 2.11 bits per heavy atom. The van der Waals surface area contributed by atoms with Crippen LogP contribution in [0.1, 0.15) is 25.7 Å². The largest absolute Gasteiger partial charge is 0.481 e. The summed E-state index contributed by atoms with van der Waals surface area (Å²) in [6, 6.07) is 0. The summed E-state index contributed by atoms with van der Waals surface area (Å²) in [4.78, 5) is 25.0. The molecule has 3 aliphatic rings. The molecule has 2 bridgehead atoms. The summed E-state index contributed by atoms with van der Waals surface area (Å²) in [5, 5.41) is 8.78. The Hall–Kier alpha value is -1.32. The van der Waals surface area contributed by atoms with E-state index in [-0.39, 0.29) is 24.2 Å². The van der Waals surface area contributed by atoms with Crippen molar-refractivity contribution in [3.05, 3.63) is 12.2 Å². The van der Waals surface area contributed by atoms with Crippen LogP contribution in [-0.2, 0) is 9.59 Å². The van der Waals surface area contributed by atoms with Crippen molar-refractivity contribution in [2.24, 2.45) is 23.7 Å². The van der Waals surface area contributed by atoms with Gasteiger partial charge in [-0.05, 0) is 37.0 Å². The second-order valence-electron chi connectivity index (χ2n) is 5.92. The molecular formula is C14H19NO3. The summed E-state index contributed by atoms with van der Waals surface area (Å²) in [5.74, 6) is 0.892. The van der Waals surface area contributed by atoms with E-state index in [1.807, 2.05) is 4.90 Å². The molecule has 4 heteroatoms. The van der Waals surface area contributed by atoms with Crippen molar-refractivity contribution in [3.63, 3.8) is 0 Å². The van der Waals surface area contributed by atoms with Crippen LogP contribution in [0.15, 0.2) is 12.2 Å². The van der Waals surface area contributed by atoms with Gasteiger partial charge in [0.15, 0.2) is 0 Å². The highest BCUT2D eigenvalue weighted by atomic mass is 16.4. The lowest BCUT2D eigenvalue weighted by Crippen LogP contribution is -2.36. The first-order valence-electron chi connectivity index (χ1n) is 6.82. The van der Waals surface area contributed by atoms with Gasteiger partial charge in [-0.25, -0.2) is 0 Å². The molecule has 4 unspecified atom stereocenters. The Morgan fingerprint density at radius 1 is 1.28 bits per heavy atom. The lowest BCUT2D eigenvalue weighted by Gasteiger charge is -2.24. The topological polar surface area (TPSA) is 57.6 Å². The van der Waals surface area contributed by atoms with E-state index in [2.05, 4.69) is 12.2 Å². The van der Waals surface area contributed by atoms with Gasteiger partial charge in [0.1, 0.15) is 0 Å². The third kappa shape index (κ3) is 2.04. The van der Waals surface area contributed by atoms with Crippen LogP contribution >= 0.6 is 0 Å². The predicted molar refractivity (Wildman–Crippen MR) is 65.8 cm³/mol. The lowest BCUT2D eigenvalue weighted by atomic mass is 9.92. The lowest BCUT2D eigenvalue weighted by molar-refractivity contribution is -0.139. The Balaban J connectivity index is 1.58. The summed E-state index contributed by atoms with van der Waals surface area (Å²) in [5.41, 5.74) is 0. The van der Waals surface area contributed by atoms with Crippen LogP contribution < -0.4 is 0 Å². The van der Waals surface area contributed by atoms with Crippen LogP contribution in [0, 0.1) is 23.7 Å². The maximum absolute atomic E-state index is 12.4. The second-order valence-corrected chi connectivity index (χ2v) is 5.92. The number of carboxylic acids is 1. The number of hydrogen-bond donors (Lipinski definition) is 1. The van der Waals surface area contributed by atoms with Gasteiger partial charge in [0, 0.05) is 25.4 Å². The highest BCUT2D eigenvalue weighted by molar-refractivity contribution is 5.80. The minimum absolute atomic E-state index is 0.153. The Morgan fingerprint density at radius 3 is 2.72 bits per heavy atom. The molecule has 1 saturated carbocycles. The molecule has 3 rings (SSSR count). The van der Waals surface area contributed by atoms with Crippen LogP contribution in [0.4, 0.5) is 0 Å². The van der Waals surface area contributed by atoms with E-state index in [9.17, 15) is 9.59 Å². The van der Waals surface area contributed by atoms with E-state index in [1.165, 1.54) is 0 Å². The molecule has 4 atom stereocenters. The van der Waals surface area contributed by atoms with Crippen molar-refractivity contribution in [2.75, 3.05) is 13.1 Å². The molecule has 4 nitrogen and oxygen atoms in total. The van der Waals surface area contributed by atoms with Crippen molar-refractivity contribution >= 4 is 11.9 Å². The first kappa shape index (κ1) is 11.8. The monoisotopic (exact) mass is 249 g/mol. The summed E-state index contributed by atoms with van der Waals surface area (Å²) in [6.45, 7) is 1.39. The third-order valence-electron chi connectivity index (χ3n) is 4.66. The number of carbonyl (C=O) groups excluding carboxylic acids is 1. The number of carboxylic acid groups (broad SMARTS) is 1. The molecule has 1 saturated heterocycles. The standard InChI is InChI=1S/C14H19NO3/c16-13(17)7-10-3-4-15(8-10)14(18)12-6-9-1-2-11(12)5-9/h1-2,9-12H,3-8H2,(H,16,17). The molecule has 1 amide bonds. The van der Waals surface area contributed by atoms with Gasteiger partial charge in [0.2, 0.25) is 5.91 Å². The fourth-order valence-corrected chi connectivity index (χ4v) is 3.75. The molecule has 18 heavy (non-hydrogen) atoms. The number of allylic oxidation sites excluding steroid dienone is 2. The minimum atomic E-state index is -0.753. The summed E-state index contributed by atoms with van der Waals surface area (Å²) >= 11 is 0. The molecule has 0 aromatic heterocycles. The van der Waals surface area contributed by atoms with Crippen molar-refractivity contribution in [3.8, 4) is 0 Å². The summed E-state index contributed by atoms with van der Waals surface area (Å²) in [7, 11) is 0. The molecule has 0 aromatic carbocycles. The molecule has 2 fully saturated rings. The number of hydrogen-bond acceptors (Lipinski definition) is 2. The van der Waals surface area contributed by atoms with E-state index in [4.69, 9.17) is 5.11 Å². The number of nitrogens with zero attached hydrogens (tertiary/aromatic N) is 1. The normalized spacial score (nSPS) is 37.4.